The third kappa shape index (κ3) is 4.83. The van der Waals surface area contributed by atoms with E-state index in [-0.39, 0.29) is 0 Å². The monoisotopic (exact) mass is 708 g/mol. The highest BCUT2D eigenvalue weighted by molar-refractivity contribution is 7.00. The van der Waals surface area contributed by atoms with Crippen LogP contribution in [0.2, 0.25) is 0 Å². The zero-order valence-electron chi connectivity index (χ0n) is 28.8. The Bertz CT molecular complexity index is 3150. The van der Waals surface area contributed by atoms with Crippen LogP contribution < -0.4 is 0 Å². The molecule has 0 spiro atoms. The molecule has 11 aromatic rings. The van der Waals surface area contributed by atoms with Gasteiger partial charge in [0.25, 0.3) is 0 Å². The molecule has 0 aliphatic rings. The molecule has 0 bridgehead atoms. The Kier molecular flexibility index (Phi) is 6.93. The van der Waals surface area contributed by atoms with Gasteiger partial charge >= 0.3 is 0 Å². The third-order valence-corrected chi connectivity index (χ3v) is 10.8. The van der Waals surface area contributed by atoms with Crippen molar-refractivity contribution in [2.45, 2.75) is 0 Å². The summed E-state index contributed by atoms with van der Waals surface area (Å²) in [6, 6.07) is 58.9. The SMILES string of the molecule is c1ccc(-c2nc(-c3ccc(-n4c5ccccc5c5ccccc54)cc3)cc(-c3cc4c(-c5ccccc5)nc5ccccc5c4c4nsnc34)n2)cc1. The van der Waals surface area contributed by atoms with Crippen molar-refractivity contribution in [3.8, 4) is 50.8 Å². The molecule has 0 saturated heterocycles. The van der Waals surface area contributed by atoms with E-state index in [0.717, 1.165) is 77.7 Å². The first-order chi connectivity index (χ1) is 26.8. The Labute approximate surface area is 314 Å². The van der Waals surface area contributed by atoms with Crippen LogP contribution in [-0.4, -0.2) is 28.3 Å². The number of hydrogen-bond acceptors (Lipinski definition) is 6. The summed E-state index contributed by atoms with van der Waals surface area (Å²) in [7, 11) is 0. The quantitative estimate of drug-likeness (QED) is 0.166. The van der Waals surface area contributed by atoms with Crippen LogP contribution in [0.15, 0.2) is 170 Å². The Morgan fingerprint density at radius 1 is 0.426 bits per heavy atom. The summed E-state index contributed by atoms with van der Waals surface area (Å²) in [5.41, 5.74) is 12.4. The second-order valence-corrected chi connectivity index (χ2v) is 13.9. The summed E-state index contributed by atoms with van der Waals surface area (Å²) in [5.74, 6) is 0.644. The number of aromatic nitrogens is 6. The molecular weight excluding hydrogens is 681 g/mol. The van der Waals surface area contributed by atoms with Gasteiger partial charge in [-0.1, -0.05) is 127 Å². The second-order valence-electron chi connectivity index (χ2n) is 13.4. The van der Waals surface area contributed by atoms with Crippen molar-refractivity contribution in [1.29, 1.82) is 0 Å². The molecule has 0 unspecified atom stereocenters. The van der Waals surface area contributed by atoms with Crippen LogP contribution in [0.25, 0.3) is 105 Å². The predicted molar refractivity (Wildman–Crippen MR) is 222 cm³/mol. The third-order valence-electron chi connectivity index (χ3n) is 10.3. The van der Waals surface area contributed by atoms with Crippen LogP contribution in [0.5, 0.6) is 0 Å². The number of pyridine rings is 1. The Hall–Kier alpha value is -7.09. The molecule has 0 fully saturated rings. The van der Waals surface area contributed by atoms with Crippen molar-refractivity contribution in [2.75, 3.05) is 0 Å². The molecule has 0 atom stereocenters. The van der Waals surface area contributed by atoms with E-state index >= 15 is 0 Å². The zero-order valence-corrected chi connectivity index (χ0v) is 29.6. The van der Waals surface area contributed by atoms with Crippen LogP contribution in [0.3, 0.4) is 0 Å². The summed E-state index contributed by atoms with van der Waals surface area (Å²) in [6.07, 6.45) is 0. The van der Waals surface area contributed by atoms with E-state index in [2.05, 4.69) is 144 Å². The standard InChI is InChI=1S/C47H28N6S/c1-3-13-30(14-4-1)44-37-27-36(45-46(52-54-51-45)43(37)35-19-7-10-20-38(35)48-44)40-28-39(49-47(50-40)31-15-5-2-6-16-31)29-23-25-32(26-24-29)53-41-21-11-8-17-33(41)34-18-9-12-22-42(34)53/h1-28H. The molecule has 0 saturated carbocycles. The molecule has 11 rings (SSSR count). The number of para-hydroxylation sites is 3. The Morgan fingerprint density at radius 2 is 1.02 bits per heavy atom. The maximum absolute atomic E-state index is 5.23. The van der Waals surface area contributed by atoms with E-state index in [1.165, 1.54) is 33.5 Å². The van der Waals surface area contributed by atoms with Gasteiger partial charge in [-0.25, -0.2) is 15.0 Å². The Morgan fingerprint density at radius 3 is 1.74 bits per heavy atom. The highest BCUT2D eigenvalue weighted by Crippen LogP contribution is 2.41. The van der Waals surface area contributed by atoms with Crippen LogP contribution in [0, 0.1) is 0 Å². The number of fused-ring (bicyclic) bond motifs is 8. The lowest BCUT2D eigenvalue weighted by Crippen LogP contribution is -1.98. The lowest BCUT2D eigenvalue weighted by atomic mass is 9.95. The predicted octanol–water partition coefficient (Wildman–Crippen LogP) is 11.9. The molecule has 54 heavy (non-hydrogen) atoms. The van der Waals surface area contributed by atoms with E-state index in [9.17, 15) is 0 Å². The average molecular weight is 709 g/mol. The molecule has 0 aliphatic heterocycles. The van der Waals surface area contributed by atoms with Crippen LogP contribution >= 0.6 is 11.7 Å². The summed E-state index contributed by atoms with van der Waals surface area (Å²) in [5, 5.41) is 5.58. The summed E-state index contributed by atoms with van der Waals surface area (Å²) < 4.78 is 12.1. The number of hydrogen-bond donors (Lipinski definition) is 0. The van der Waals surface area contributed by atoms with Crippen molar-refractivity contribution < 1.29 is 0 Å². The molecule has 0 amide bonds. The lowest BCUT2D eigenvalue weighted by Gasteiger charge is -2.14. The second kappa shape index (κ2) is 12.3. The van der Waals surface area contributed by atoms with Crippen LogP contribution in [-0.2, 0) is 0 Å². The smallest absolute Gasteiger partial charge is 0.160 e. The van der Waals surface area contributed by atoms with Gasteiger partial charge in [-0.3, -0.25) is 0 Å². The molecule has 252 valence electrons. The van der Waals surface area contributed by atoms with Crippen molar-refractivity contribution in [2.24, 2.45) is 0 Å². The fraction of sp³-hybridized carbons (Fsp3) is 0. The number of nitrogens with zero attached hydrogens (tertiary/aromatic N) is 6. The highest BCUT2D eigenvalue weighted by atomic mass is 32.1. The summed E-state index contributed by atoms with van der Waals surface area (Å²) in [4.78, 5) is 15.6. The molecule has 0 radical (unpaired) electrons. The normalized spacial score (nSPS) is 11.7. The van der Waals surface area contributed by atoms with Crippen molar-refractivity contribution in [3.05, 3.63) is 170 Å². The van der Waals surface area contributed by atoms with Gasteiger partial charge < -0.3 is 4.57 Å². The molecule has 4 heterocycles. The first-order valence-corrected chi connectivity index (χ1v) is 18.6. The van der Waals surface area contributed by atoms with Gasteiger partial charge in [0.15, 0.2) is 5.82 Å². The molecule has 7 aromatic carbocycles. The summed E-state index contributed by atoms with van der Waals surface area (Å²) >= 11 is 1.22. The van der Waals surface area contributed by atoms with E-state index < -0.39 is 0 Å². The van der Waals surface area contributed by atoms with E-state index in [1.807, 2.05) is 30.3 Å². The molecule has 4 aromatic heterocycles. The maximum atomic E-state index is 5.23. The van der Waals surface area contributed by atoms with Crippen LogP contribution in [0.1, 0.15) is 0 Å². The Balaban J connectivity index is 1.13. The molecule has 7 heteroatoms. The first kappa shape index (κ1) is 30.5. The molecule has 0 N–H and O–H groups in total. The van der Waals surface area contributed by atoms with Crippen molar-refractivity contribution in [3.63, 3.8) is 0 Å². The van der Waals surface area contributed by atoms with E-state index in [1.54, 1.807) is 0 Å². The van der Waals surface area contributed by atoms with Gasteiger partial charge in [0.1, 0.15) is 11.0 Å². The van der Waals surface area contributed by atoms with E-state index in [4.69, 9.17) is 23.7 Å². The van der Waals surface area contributed by atoms with Crippen molar-refractivity contribution >= 4 is 66.2 Å². The lowest BCUT2D eigenvalue weighted by molar-refractivity contribution is 1.17. The minimum atomic E-state index is 0.644. The minimum Gasteiger partial charge on any atom is -0.309 e. The van der Waals surface area contributed by atoms with Gasteiger partial charge in [-0.2, -0.15) is 8.75 Å². The van der Waals surface area contributed by atoms with Gasteiger partial charge in [0, 0.05) is 54.9 Å². The largest absolute Gasteiger partial charge is 0.309 e. The average Bonchev–Trinajstić information content (AvgIpc) is 3.87. The van der Waals surface area contributed by atoms with Gasteiger partial charge in [-0.05, 0) is 42.5 Å². The first-order valence-electron chi connectivity index (χ1n) is 17.9. The van der Waals surface area contributed by atoms with Crippen LogP contribution in [0.4, 0.5) is 0 Å². The minimum absolute atomic E-state index is 0.644. The topological polar surface area (TPSA) is 69.4 Å². The molecular formula is C47H28N6S. The molecule has 0 aliphatic carbocycles. The van der Waals surface area contributed by atoms with Gasteiger partial charge in [-0.15, -0.1) is 0 Å². The fourth-order valence-corrected chi connectivity index (χ4v) is 8.37. The zero-order chi connectivity index (χ0) is 35.6. The number of benzene rings is 7. The van der Waals surface area contributed by atoms with Crippen molar-refractivity contribution in [1.82, 2.24) is 28.3 Å². The number of rotatable bonds is 5. The molecule has 6 nitrogen and oxygen atoms in total. The maximum Gasteiger partial charge on any atom is 0.160 e. The highest BCUT2D eigenvalue weighted by Gasteiger charge is 2.21. The fourth-order valence-electron chi connectivity index (χ4n) is 7.81. The van der Waals surface area contributed by atoms with E-state index in [0.29, 0.717) is 5.82 Å². The summed E-state index contributed by atoms with van der Waals surface area (Å²) in [6.45, 7) is 0. The van der Waals surface area contributed by atoms with Gasteiger partial charge in [0.05, 0.1) is 45.4 Å². The van der Waals surface area contributed by atoms with Gasteiger partial charge in [0.2, 0.25) is 0 Å².